The summed E-state index contributed by atoms with van der Waals surface area (Å²) in [4.78, 5) is 25.6. The summed E-state index contributed by atoms with van der Waals surface area (Å²) in [6.45, 7) is 1.77. The van der Waals surface area contributed by atoms with Crippen LogP contribution in [0.3, 0.4) is 0 Å². The minimum atomic E-state index is -0.857. The maximum atomic E-state index is 11.4. The first kappa shape index (κ1) is 11.6. The highest BCUT2D eigenvalue weighted by Crippen LogP contribution is 2.02. The summed E-state index contributed by atoms with van der Waals surface area (Å²) in [7, 11) is 0. The van der Waals surface area contributed by atoms with Gasteiger partial charge in [0.05, 0.1) is 5.51 Å². The van der Waals surface area contributed by atoms with Gasteiger partial charge in [0.1, 0.15) is 5.69 Å². The van der Waals surface area contributed by atoms with E-state index >= 15 is 0 Å². The van der Waals surface area contributed by atoms with E-state index in [0.29, 0.717) is 12.1 Å². The van der Waals surface area contributed by atoms with Crippen molar-refractivity contribution in [1.29, 1.82) is 0 Å². The molecule has 6 heteroatoms. The van der Waals surface area contributed by atoms with Gasteiger partial charge in [0.25, 0.3) is 5.91 Å². The molecular formula is C9H12N2O3S. The third-order valence-corrected chi connectivity index (χ3v) is 2.42. The van der Waals surface area contributed by atoms with Gasteiger partial charge in [-0.2, -0.15) is 0 Å². The van der Waals surface area contributed by atoms with Crippen LogP contribution in [0.2, 0.25) is 0 Å². The molecular weight excluding hydrogens is 216 g/mol. The van der Waals surface area contributed by atoms with Crippen molar-refractivity contribution in [2.75, 3.05) is 0 Å². The minimum absolute atomic E-state index is 0.0541. The Hall–Kier alpha value is -1.43. The van der Waals surface area contributed by atoms with Crippen LogP contribution in [-0.4, -0.2) is 28.0 Å². The molecule has 82 valence electrons. The van der Waals surface area contributed by atoms with Gasteiger partial charge in [-0.05, 0) is 13.3 Å². The molecule has 0 saturated carbocycles. The predicted octanol–water partition coefficient (Wildman–Crippen LogP) is 1.13. The van der Waals surface area contributed by atoms with Crippen LogP contribution in [0.25, 0.3) is 0 Å². The molecule has 0 spiro atoms. The third kappa shape index (κ3) is 4.07. The van der Waals surface area contributed by atoms with Crippen molar-refractivity contribution in [3.8, 4) is 0 Å². The number of nitrogens with one attached hydrogen (secondary N) is 1. The monoisotopic (exact) mass is 228 g/mol. The zero-order chi connectivity index (χ0) is 11.3. The third-order valence-electron chi connectivity index (χ3n) is 1.83. The van der Waals surface area contributed by atoms with E-state index in [-0.39, 0.29) is 18.4 Å². The number of rotatable bonds is 5. The minimum Gasteiger partial charge on any atom is -0.481 e. The molecule has 1 aromatic rings. The number of carboxylic acids is 1. The number of aliphatic carboxylic acids is 1. The number of carbonyl (C=O) groups is 2. The Morgan fingerprint density at radius 1 is 1.67 bits per heavy atom. The smallest absolute Gasteiger partial charge is 0.303 e. The second kappa shape index (κ2) is 5.45. The summed E-state index contributed by atoms with van der Waals surface area (Å²) < 4.78 is 0. The van der Waals surface area contributed by atoms with E-state index in [1.165, 1.54) is 11.3 Å². The molecule has 0 aromatic carbocycles. The molecule has 1 amide bonds. The molecule has 0 radical (unpaired) electrons. The average molecular weight is 228 g/mol. The highest BCUT2D eigenvalue weighted by molar-refractivity contribution is 7.07. The molecule has 0 bridgehead atoms. The zero-order valence-corrected chi connectivity index (χ0v) is 9.08. The SMILES string of the molecule is CC(CCC(=O)O)NC(=O)c1cscn1. The van der Waals surface area contributed by atoms with Gasteiger partial charge < -0.3 is 10.4 Å². The molecule has 5 nitrogen and oxygen atoms in total. The van der Waals surface area contributed by atoms with Gasteiger partial charge >= 0.3 is 5.97 Å². The van der Waals surface area contributed by atoms with Crippen molar-refractivity contribution in [2.45, 2.75) is 25.8 Å². The lowest BCUT2D eigenvalue weighted by molar-refractivity contribution is -0.137. The van der Waals surface area contributed by atoms with Crippen molar-refractivity contribution >= 4 is 23.2 Å². The molecule has 1 aromatic heterocycles. The molecule has 2 N–H and O–H groups in total. The molecule has 0 aliphatic rings. The zero-order valence-electron chi connectivity index (χ0n) is 8.27. The summed E-state index contributed by atoms with van der Waals surface area (Å²) >= 11 is 1.35. The fraction of sp³-hybridized carbons (Fsp3) is 0.444. The van der Waals surface area contributed by atoms with Crippen molar-refractivity contribution in [2.24, 2.45) is 0 Å². The lowest BCUT2D eigenvalue weighted by Crippen LogP contribution is -2.33. The highest BCUT2D eigenvalue weighted by Gasteiger charge is 2.11. The largest absolute Gasteiger partial charge is 0.481 e. The van der Waals surface area contributed by atoms with Crippen molar-refractivity contribution < 1.29 is 14.7 Å². The van der Waals surface area contributed by atoms with Crippen molar-refractivity contribution in [3.05, 3.63) is 16.6 Å². The van der Waals surface area contributed by atoms with Gasteiger partial charge in [0, 0.05) is 17.8 Å². The summed E-state index contributed by atoms with van der Waals surface area (Å²) in [6.07, 6.45) is 0.476. The fourth-order valence-corrected chi connectivity index (χ4v) is 1.57. The molecule has 1 atom stereocenters. The Bertz CT molecular complexity index is 337. The summed E-state index contributed by atoms with van der Waals surface area (Å²) in [5, 5.41) is 12.8. The van der Waals surface area contributed by atoms with Gasteiger partial charge in [-0.3, -0.25) is 9.59 Å². The Balaban J connectivity index is 2.35. The van der Waals surface area contributed by atoms with Gasteiger partial charge in [-0.1, -0.05) is 0 Å². The second-order valence-corrected chi connectivity index (χ2v) is 3.90. The van der Waals surface area contributed by atoms with E-state index in [1.54, 1.807) is 17.8 Å². The number of thiazole rings is 1. The van der Waals surface area contributed by atoms with Crippen LogP contribution in [0.4, 0.5) is 0 Å². The van der Waals surface area contributed by atoms with E-state index in [0.717, 1.165) is 0 Å². The normalized spacial score (nSPS) is 12.1. The Labute approximate surface area is 91.1 Å². The highest BCUT2D eigenvalue weighted by atomic mass is 32.1. The van der Waals surface area contributed by atoms with Crippen molar-refractivity contribution in [3.63, 3.8) is 0 Å². The van der Waals surface area contributed by atoms with Gasteiger partial charge in [0.2, 0.25) is 0 Å². The van der Waals surface area contributed by atoms with Crippen molar-refractivity contribution in [1.82, 2.24) is 10.3 Å². The molecule has 0 saturated heterocycles. The first-order valence-electron chi connectivity index (χ1n) is 4.50. The second-order valence-electron chi connectivity index (χ2n) is 3.18. The van der Waals surface area contributed by atoms with Crippen LogP contribution >= 0.6 is 11.3 Å². The Morgan fingerprint density at radius 3 is 2.93 bits per heavy atom. The van der Waals surface area contributed by atoms with Crippen LogP contribution in [0, 0.1) is 0 Å². The van der Waals surface area contributed by atoms with Gasteiger partial charge in [0.15, 0.2) is 0 Å². The molecule has 0 aliphatic heterocycles. The first-order valence-corrected chi connectivity index (χ1v) is 5.44. The standard InChI is InChI=1S/C9H12N2O3S/c1-6(2-3-8(12)13)11-9(14)7-4-15-5-10-7/h4-6H,2-3H2,1H3,(H,11,14)(H,12,13). The quantitative estimate of drug-likeness (QED) is 0.791. The lowest BCUT2D eigenvalue weighted by atomic mass is 10.2. The fourth-order valence-electron chi connectivity index (χ4n) is 1.03. The summed E-state index contributed by atoms with van der Waals surface area (Å²) in [5.74, 6) is -1.11. The van der Waals surface area contributed by atoms with E-state index in [9.17, 15) is 9.59 Å². The van der Waals surface area contributed by atoms with Crippen LogP contribution in [0.1, 0.15) is 30.3 Å². The van der Waals surface area contributed by atoms with E-state index in [1.807, 2.05) is 0 Å². The maximum absolute atomic E-state index is 11.4. The maximum Gasteiger partial charge on any atom is 0.303 e. The molecule has 0 aliphatic carbocycles. The van der Waals surface area contributed by atoms with Crippen LogP contribution in [-0.2, 0) is 4.79 Å². The van der Waals surface area contributed by atoms with Crippen LogP contribution in [0.15, 0.2) is 10.9 Å². The number of carbonyl (C=O) groups excluding carboxylic acids is 1. The predicted molar refractivity (Wildman–Crippen MR) is 55.9 cm³/mol. The molecule has 1 heterocycles. The number of hydrogen-bond donors (Lipinski definition) is 2. The number of amides is 1. The van der Waals surface area contributed by atoms with Gasteiger partial charge in [-0.25, -0.2) is 4.98 Å². The first-order chi connectivity index (χ1) is 7.09. The number of carboxylic acid groups (broad SMARTS) is 1. The van der Waals surface area contributed by atoms with E-state index in [4.69, 9.17) is 5.11 Å². The number of hydrogen-bond acceptors (Lipinski definition) is 4. The Kier molecular flexibility index (Phi) is 4.23. The molecule has 1 rings (SSSR count). The molecule has 0 fully saturated rings. The van der Waals surface area contributed by atoms with E-state index < -0.39 is 5.97 Å². The lowest BCUT2D eigenvalue weighted by Gasteiger charge is -2.11. The summed E-state index contributed by atoms with van der Waals surface area (Å²) in [6, 6.07) is -0.157. The summed E-state index contributed by atoms with van der Waals surface area (Å²) in [5.41, 5.74) is 1.96. The number of nitrogens with zero attached hydrogens (tertiary/aromatic N) is 1. The topological polar surface area (TPSA) is 79.3 Å². The molecule has 1 unspecified atom stereocenters. The molecule has 15 heavy (non-hydrogen) atoms. The van der Waals surface area contributed by atoms with Crippen LogP contribution < -0.4 is 5.32 Å². The van der Waals surface area contributed by atoms with E-state index in [2.05, 4.69) is 10.3 Å². The number of aromatic nitrogens is 1. The Morgan fingerprint density at radius 2 is 2.40 bits per heavy atom. The average Bonchev–Trinajstić information content (AvgIpc) is 2.67. The van der Waals surface area contributed by atoms with Gasteiger partial charge in [-0.15, -0.1) is 11.3 Å². The van der Waals surface area contributed by atoms with Crippen LogP contribution in [0.5, 0.6) is 0 Å².